The maximum atomic E-state index is 4.15. The van der Waals surface area contributed by atoms with Crippen LogP contribution in [0, 0.1) is 13.8 Å². The first kappa shape index (κ1) is 13.4. The molecule has 0 aliphatic carbocycles. The van der Waals surface area contributed by atoms with Gasteiger partial charge in [-0.05, 0) is 13.8 Å². The van der Waals surface area contributed by atoms with E-state index in [1.807, 2.05) is 30.7 Å². The Morgan fingerprint density at radius 1 is 1.06 bits per heavy atom. The van der Waals surface area contributed by atoms with E-state index in [2.05, 4.69) is 28.8 Å². The number of hydrogen-bond donors (Lipinski definition) is 0. The highest BCUT2D eigenvalue weighted by atomic mass is 15.1. The molecule has 0 N–H and O–H groups in total. The molecule has 17 heavy (non-hydrogen) atoms. The van der Waals surface area contributed by atoms with Crippen LogP contribution in [0.2, 0.25) is 0 Å². The monoisotopic (exact) mass is 232 g/mol. The Morgan fingerprint density at radius 2 is 1.76 bits per heavy atom. The van der Waals surface area contributed by atoms with Crippen LogP contribution in [-0.4, -0.2) is 19.5 Å². The molecule has 4 heteroatoms. The van der Waals surface area contributed by atoms with Crippen molar-refractivity contribution in [3.05, 3.63) is 36.3 Å². The van der Waals surface area contributed by atoms with Gasteiger partial charge in [0.25, 0.3) is 0 Å². The highest BCUT2D eigenvalue weighted by Gasteiger charge is 2.00. The maximum absolute atomic E-state index is 4.15. The molecule has 0 saturated carbocycles. The highest BCUT2D eigenvalue weighted by Crippen LogP contribution is 2.06. The third-order valence-electron chi connectivity index (χ3n) is 2.36. The predicted octanol–water partition coefficient (Wildman–Crippen LogP) is 3.09. The second-order valence-electron chi connectivity index (χ2n) is 3.86. The number of hydrogen-bond acceptors (Lipinski definition) is 3. The Bertz CT molecular complexity index is 446. The van der Waals surface area contributed by atoms with Crippen molar-refractivity contribution in [1.29, 1.82) is 0 Å². The zero-order valence-corrected chi connectivity index (χ0v) is 11.0. The van der Waals surface area contributed by atoms with E-state index in [0.29, 0.717) is 0 Å². The van der Waals surface area contributed by atoms with Gasteiger partial charge in [0.1, 0.15) is 18.0 Å². The zero-order valence-electron chi connectivity index (χ0n) is 11.0. The molecule has 0 spiro atoms. The molecular formula is C13H20N4. The van der Waals surface area contributed by atoms with E-state index in [-0.39, 0.29) is 0 Å². The molecule has 0 bridgehead atoms. The lowest BCUT2D eigenvalue weighted by atomic mass is 10.4. The van der Waals surface area contributed by atoms with Gasteiger partial charge in [-0.15, -0.1) is 0 Å². The number of nitrogens with zero attached hydrogens (tertiary/aromatic N) is 4. The summed E-state index contributed by atoms with van der Waals surface area (Å²) >= 11 is 0. The summed E-state index contributed by atoms with van der Waals surface area (Å²) in [5.74, 6) is 1.79. The summed E-state index contributed by atoms with van der Waals surface area (Å²) in [4.78, 5) is 12.3. The maximum Gasteiger partial charge on any atom is 0.141 e. The summed E-state index contributed by atoms with van der Waals surface area (Å²) in [5.41, 5.74) is 0.957. The lowest BCUT2D eigenvalue weighted by molar-refractivity contribution is 0.886. The van der Waals surface area contributed by atoms with Crippen molar-refractivity contribution in [1.82, 2.24) is 19.5 Å². The average molecular weight is 232 g/mol. The van der Waals surface area contributed by atoms with Crippen LogP contribution in [0.4, 0.5) is 0 Å². The van der Waals surface area contributed by atoms with Gasteiger partial charge in [-0.2, -0.15) is 0 Å². The molecule has 2 heterocycles. The van der Waals surface area contributed by atoms with Crippen LogP contribution < -0.4 is 0 Å². The quantitative estimate of drug-likeness (QED) is 0.799. The molecule has 4 nitrogen and oxygen atoms in total. The largest absolute Gasteiger partial charge is 0.288 e. The summed E-state index contributed by atoms with van der Waals surface area (Å²) < 4.78 is 1.93. The fourth-order valence-electron chi connectivity index (χ4n) is 1.19. The number of aromatic nitrogens is 4. The molecule has 0 saturated heterocycles. The average Bonchev–Trinajstić information content (AvgIpc) is 2.76. The van der Waals surface area contributed by atoms with E-state index in [9.17, 15) is 0 Å². The Kier molecular flexibility index (Phi) is 5.33. The standard InChI is InChI=1S/C9H10N4.C4H10/c1-7-5-9(12-6-11-7)13-4-3-10-8(13)2;1-3-4-2/h3-6H,1-2H3;3-4H2,1-2H3. The fourth-order valence-corrected chi connectivity index (χ4v) is 1.19. The summed E-state index contributed by atoms with van der Waals surface area (Å²) in [7, 11) is 0. The lowest BCUT2D eigenvalue weighted by Gasteiger charge is -2.02. The van der Waals surface area contributed by atoms with Crippen LogP contribution in [0.25, 0.3) is 5.82 Å². The molecule has 0 aliphatic heterocycles. The molecule has 0 aromatic carbocycles. The molecule has 2 rings (SSSR count). The van der Waals surface area contributed by atoms with Crippen molar-refractivity contribution in [2.75, 3.05) is 0 Å². The van der Waals surface area contributed by atoms with Gasteiger partial charge in [-0.1, -0.05) is 26.7 Å². The minimum Gasteiger partial charge on any atom is -0.288 e. The van der Waals surface area contributed by atoms with Crippen LogP contribution in [0.15, 0.2) is 24.8 Å². The van der Waals surface area contributed by atoms with Crippen molar-refractivity contribution < 1.29 is 0 Å². The number of rotatable bonds is 2. The van der Waals surface area contributed by atoms with Crippen LogP contribution in [-0.2, 0) is 0 Å². The summed E-state index contributed by atoms with van der Waals surface area (Å²) in [5, 5.41) is 0. The number of unbranched alkanes of at least 4 members (excludes halogenated alkanes) is 1. The van der Waals surface area contributed by atoms with Crippen molar-refractivity contribution in [2.24, 2.45) is 0 Å². The van der Waals surface area contributed by atoms with E-state index >= 15 is 0 Å². The van der Waals surface area contributed by atoms with Gasteiger partial charge < -0.3 is 0 Å². The molecule has 0 radical (unpaired) electrons. The zero-order chi connectivity index (χ0) is 12.7. The van der Waals surface area contributed by atoms with Crippen LogP contribution in [0.3, 0.4) is 0 Å². The first-order valence-corrected chi connectivity index (χ1v) is 5.98. The Labute approximate surface area is 103 Å². The Hall–Kier alpha value is -1.71. The molecule has 2 aromatic rings. The topological polar surface area (TPSA) is 43.6 Å². The molecular weight excluding hydrogens is 212 g/mol. The third kappa shape index (κ3) is 3.98. The van der Waals surface area contributed by atoms with E-state index in [0.717, 1.165) is 17.3 Å². The molecule has 0 unspecified atom stereocenters. The van der Waals surface area contributed by atoms with Crippen molar-refractivity contribution in [3.63, 3.8) is 0 Å². The van der Waals surface area contributed by atoms with Gasteiger partial charge in [0.15, 0.2) is 0 Å². The van der Waals surface area contributed by atoms with E-state index < -0.39 is 0 Å². The molecule has 0 aliphatic rings. The van der Waals surface area contributed by atoms with Gasteiger partial charge in [-0.25, -0.2) is 15.0 Å². The van der Waals surface area contributed by atoms with Crippen LogP contribution in [0.5, 0.6) is 0 Å². The van der Waals surface area contributed by atoms with Crippen LogP contribution >= 0.6 is 0 Å². The van der Waals surface area contributed by atoms with Gasteiger partial charge in [-0.3, -0.25) is 4.57 Å². The van der Waals surface area contributed by atoms with Gasteiger partial charge in [0.2, 0.25) is 0 Å². The predicted molar refractivity (Wildman–Crippen MR) is 69.2 cm³/mol. The first-order valence-electron chi connectivity index (χ1n) is 5.98. The first-order chi connectivity index (χ1) is 8.19. The molecule has 2 aromatic heterocycles. The molecule has 92 valence electrons. The smallest absolute Gasteiger partial charge is 0.141 e. The Balaban J connectivity index is 0.000000317. The minimum absolute atomic E-state index is 0.863. The third-order valence-corrected chi connectivity index (χ3v) is 2.36. The van der Waals surface area contributed by atoms with Crippen LogP contribution in [0.1, 0.15) is 38.2 Å². The van der Waals surface area contributed by atoms with E-state index in [4.69, 9.17) is 0 Å². The fraction of sp³-hybridized carbons (Fsp3) is 0.462. The number of imidazole rings is 1. The second-order valence-corrected chi connectivity index (χ2v) is 3.86. The van der Waals surface area contributed by atoms with Gasteiger partial charge in [0, 0.05) is 24.2 Å². The summed E-state index contributed by atoms with van der Waals surface area (Å²) in [6.07, 6.45) is 7.84. The Morgan fingerprint density at radius 3 is 2.24 bits per heavy atom. The molecule has 0 atom stereocenters. The summed E-state index contributed by atoms with van der Waals surface area (Å²) in [6.45, 7) is 8.24. The number of aryl methyl sites for hydroxylation is 2. The van der Waals surface area contributed by atoms with Gasteiger partial charge >= 0.3 is 0 Å². The van der Waals surface area contributed by atoms with E-state index in [1.165, 1.54) is 12.8 Å². The normalized spacial score (nSPS) is 9.65. The SMILES string of the molecule is CCCC.Cc1cc(-n2ccnc2C)ncn1. The van der Waals surface area contributed by atoms with Crippen molar-refractivity contribution in [3.8, 4) is 5.82 Å². The minimum atomic E-state index is 0.863. The van der Waals surface area contributed by atoms with Crippen molar-refractivity contribution >= 4 is 0 Å². The highest BCUT2D eigenvalue weighted by molar-refractivity contribution is 5.24. The van der Waals surface area contributed by atoms with Gasteiger partial charge in [0.05, 0.1) is 0 Å². The second kappa shape index (κ2) is 6.78. The van der Waals surface area contributed by atoms with Crippen molar-refractivity contribution in [2.45, 2.75) is 40.5 Å². The molecule has 0 amide bonds. The molecule has 0 fully saturated rings. The lowest BCUT2D eigenvalue weighted by Crippen LogP contribution is -1.99. The van der Waals surface area contributed by atoms with E-state index in [1.54, 1.807) is 12.5 Å². The summed E-state index contributed by atoms with van der Waals surface area (Å²) in [6, 6.07) is 1.93.